The van der Waals surface area contributed by atoms with Gasteiger partial charge in [0.15, 0.2) is 5.65 Å². The Labute approximate surface area is 167 Å². The normalized spacial score (nSPS) is 15.7. The summed E-state index contributed by atoms with van der Waals surface area (Å²) < 4.78 is 13.4. The number of anilines is 3. The maximum atomic E-state index is 13.4. The van der Waals surface area contributed by atoms with Gasteiger partial charge in [-0.25, -0.2) is 19.3 Å². The lowest BCUT2D eigenvalue weighted by atomic mass is 10.0. The Kier molecular flexibility index (Phi) is 5.23. The van der Waals surface area contributed by atoms with Gasteiger partial charge < -0.3 is 15.1 Å². The molecule has 0 aliphatic carbocycles. The van der Waals surface area contributed by atoms with Crippen molar-refractivity contribution in [2.45, 2.75) is 18.9 Å². The molecule has 1 aliphatic rings. The van der Waals surface area contributed by atoms with Crippen molar-refractivity contribution in [1.82, 2.24) is 24.8 Å². The molecule has 4 rings (SSSR count). The van der Waals surface area contributed by atoms with E-state index in [1.807, 2.05) is 7.05 Å². The number of aromatic nitrogens is 4. The predicted molar refractivity (Wildman–Crippen MR) is 109 cm³/mol. The van der Waals surface area contributed by atoms with Crippen LogP contribution in [0.15, 0.2) is 30.7 Å². The van der Waals surface area contributed by atoms with Crippen molar-refractivity contribution in [1.29, 1.82) is 0 Å². The van der Waals surface area contributed by atoms with E-state index in [1.165, 1.54) is 18.5 Å². The van der Waals surface area contributed by atoms with E-state index in [4.69, 9.17) is 11.6 Å². The van der Waals surface area contributed by atoms with E-state index >= 15 is 0 Å². The number of hydrogen-bond donors (Lipinski definition) is 1. The molecule has 0 saturated carbocycles. The van der Waals surface area contributed by atoms with Crippen molar-refractivity contribution in [3.63, 3.8) is 0 Å². The van der Waals surface area contributed by atoms with Crippen molar-refractivity contribution >= 4 is 40.1 Å². The molecule has 0 unspecified atom stereocenters. The number of fused-ring (bicyclic) bond motifs is 1. The Morgan fingerprint density at radius 3 is 2.75 bits per heavy atom. The first-order valence-corrected chi connectivity index (χ1v) is 9.50. The van der Waals surface area contributed by atoms with Crippen LogP contribution in [0, 0.1) is 5.82 Å². The summed E-state index contributed by atoms with van der Waals surface area (Å²) in [6.07, 6.45) is 5.32. The second-order valence-electron chi connectivity index (χ2n) is 7.03. The highest BCUT2D eigenvalue weighted by Crippen LogP contribution is 2.26. The van der Waals surface area contributed by atoms with Gasteiger partial charge in [-0.2, -0.15) is 4.98 Å². The second kappa shape index (κ2) is 7.81. The highest BCUT2D eigenvalue weighted by atomic mass is 35.5. The Morgan fingerprint density at radius 1 is 1.21 bits per heavy atom. The quantitative estimate of drug-likeness (QED) is 0.717. The van der Waals surface area contributed by atoms with E-state index in [-0.39, 0.29) is 5.02 Å². The van der Waals surface area contributed by atoms with Gasteiger partial charge in [-0.3, -0.25) is 0 Å². The molecule has 28 heavy (non-hydrogen) atoms. The molecule has 1 saturated heterocycles. The lowest BCUT2D eigenvalue weighted by Crippen LogP contribution is -2.42. The van der Waals surface area contributed by atoms with E-state index in [0.29, 0.717) is 34.5 Å². The summed E-state index contributed by atoms with van der Waals surface area (Å²) in [5.41, 5.74) is 1.18. The maximum absolute atomic E-state index is 13.4. The molecule has 1 N–H and O–H groups in total. The fraction of sp³-hybridized carbons (Fsp3) is 0.368. The van der Waals surface area contributed by atoms with Gasteiger partial charge in [-0.05, 0) is 51.2 Å². The average molecular weight is 402 g/mol. The molecule has 2 aromatic heterocycles. The van der Waals surface area contributed by atoms with Crippen LogP contribution in [0.3, 0.4) is 0 Å². The van der Waals surface area contributed by atoms with Crippen molar-refractivity contribution in [2.75, 3.05) is 37.4 Å². The molecule has 9 heteroatoms. The molecule has 1 aromatic carbocycles. The van der Waals surface area contributed by atoms with Gasteiger partial charge in [-0.1, -0.05) is 11.6 Å². The molecule has 0 amide bonds. The highest BCUT2D eigenvalue weighted by molar-refractivity contribution is 6.31. The van der Waals surface area contributed by atoms with Crippen molar-refractivity contribution in [3.8, 4) is 0 Å². The van der Waals surface area contributed by atoms with E-state index < -0.39 is 5.82 Å². The zero-order valence-corrected chi connectivity index (χ0v) is 16.5. The third-order valence-corrected chi connectivity index (χ3v) is 5.40. The van der Waals surface area contributed by atoms with Crippen LogP contribution in [-0.2, 0) is 0 Å². The Morgan fingerprint density at radius 2 is 2.00 bits per heavy atom. The van der Waals surface area contributed by atoms with Crippen LogP contribution in [0.4, 0.5) is 21.8 Å². The number of nitrogens with zero attached hydrogens (tertiary/aromatic N) is 6. The number of likely N-dealkylation sites (tertiary alicyclic amines) is 1. The molecule has 3 aromatic rings. The van der Waals surface area contributed by atoms with Crippen LogP contribution in [0.1, 0.15) is 12.8 Å². The standard InChI is InChI=1S/C19H21ClFN7/c1-27-7-5-13(6-8-27)28(2)19-22-10-14-17(23-11-24-18(14)26-19)25-12-3-4-16(21)15(20)9-12/h3-4,9-11,13H,5-8H2,1-2H3,(H,22,23,24,25,26). The Bertz CT molecular complexity index is 991. The van der Waals surface area contributed by atoms with Gasteiger partial charge in [0.05, 0.1) is 10.4 Å². The third-order valence-electron chi connectivity index (χ3n) is 5.11. The lowest BCUT2D eigenvalue weighted by molar-refractivity contribution is 0.252. The summed E-state index contributed by atoms with van der Waals surface area (Å²) in [6, 6.07) is 4.82. The molecule has 7 nitrogen and oxygen atoms in total. The molecule has 0 bridgehead atoms. The van der Waals surface area contributed by atoms with Crippen LogP contribution < -0.4 is 10.2 Å². The van der Waals surface area contributed by atoms with Crippen LogP contribution in [0.2, 0.25) is 5.02 Å². The predicted octanol–water partition coefficient (Wildman–Crippen LogP) is 3.49. The molecule has 0 atom stereocenters. The fourth-order valence-electron chi connectivity index (χ4n) is 3.37. The molecule has 0 spiro atoms. The minimum absolute atomic E-state index is 0.0432. The van der Waals surface area contributed by atoms with E-state index in [2.05, 4.69) is 42.1 Å². The Balaban J connectivity index is 1.59. The summed E-state index contributed by atoms with van der Waals surface area (Å²) >= 11 is 5.86. The topological polar surface area (TPSA) is 70.1 Å². The summed E-state index contributed by atoms with van der Waals surface area (Å²) in [4.78, 5) is 22.2. The number of piperidine rings is 1. The number of benzene rings is 1. The number of rotatable bonds is 4. The fourth-order valence-corrected chi connectivity index (χ4v) is 3.55. The van der Waals surface area contributed by atoms with Gasteiger partial charge in [-0.15, -0.1) is 0 Å². The smallest absolute Gasteiger partial charge is 0.227 e. The monoisotopic (exact) mass is 401 g/mol. The molecular weight excluding hydrogens is 381 g/mol. The van der Waals surface area contributed by atoms with Gasteiger partial charge in [0, 0.05) is 25.0 Å². The van der Waals surface area contributed by atoms with Crippen LogP contribution >= 0.6 is 11.6 Å². The zero-order chi connectivity index (χ0) is 19.7. The SMILES string of the molecule is CN1CCC(N(C)c2ncc3c(Nc4ccc(F)c(Cl)c4)ncnc3n2)CC1. The third kappa shape index (κ3) is 3.83. The van der Waals surface area contributed by atoms with Gasteiger partial charge >= 0.3 is 0 Å². The molecule has 146 valence electrons. The average Bonchev–Trinajstić information content (AvgIpc) is 2.70. The lowest BCUT2D eigenvalue weighted by Gasteiger charge is -2.35. The van der Waals surface area contributed by atoms with Crippen LogP contribution in [-0.4, -0.2) is 58.1 Å². The molecule has 0 radical (unpaired) electrons. The van der Waals surface area contributed by atoms with Crippen LogP contribution in [0.25, 0.3) is 11.0 Å². The first-order chi connectivity index (χ1) is 13.5. The molecular formula is C19H21ClFN7. The van der Waals surface area contributed by atoms with Crippen LogP contribution in [0.5, 0.6) is 0 Å². The Hall–Kier alpha value is -2.58. The second-order valence-corrected chi connectivity index (χ2v) is 7.44. The molecule has 3 heterocycles. The summed E-state index contributed by atoms with van der Waals surface area (Å²) in [5.74, 6) is 0.724. The zero-order valence-electron chi connectivity index (χ0n) is 15.7. The molecule has 1 fully saturated rings. The van der Waals surface area contributed by atoms with Crippen molar-refractivity contribution in [3.05, 3.63) is 41.6 Å². The van der Waals surface area contributed by atoms with Gasteiger partial charge in [0.25, 0.3) is 0 Å². The minimum Gasteiger partial charge on any atom is -0.341 e. The molecule has 1 aliphatic heterocycles. The summed E-state index contributed by atoms with van der Waals surface area (Å²) in [5, 5.41) is 3.86. The minimum atomic E-state index is -0.468. The van der Waals surface area contributed by atoms with E-state index in [1.54, 1.807) is 12.3 Å². The van der Waals surface area contributed by atoms with Crippen molar-refractivity contribution < 1.29 is 4.39 Å². The number of nitrogens with one attached hydrogen (secondary N) is 1. The summed E-state index contributed by atoms with van der Waals surface area (Å²) in [6.45, 7) is 2.14. The van der Waals surface area contributed by atoms with Gasteiger partial charge in [0.1, 0.15) is 18.0 Å². The first-order valence-electron chi connectivity index (χ1n) is 9.12. The summed E-state index contributed by atoms with van der Waals surface area (Å²) in [7, 11) is 4.17. The number of halogens is 2. The first kappa shape index (κ1) is 18.8. The van der Waals surface area contributed by atoms with E-state index in [0.717, 1.165) is 25.9 Å². The van der Waals surface area contributed by atoms with Crippen molar-refractivity contribution in [2.24, 2.45) is 0 Å². The highest BCUT2D eigenvalue weighted by Gasteiger charge is 2.22. The van der Waals surface area contributed by atoms with Gasteiger partial charge in [0.2, 0.25) is 5.95 Å². The number of hydrogen-bond acceptors (Lipinski definition) is 7. The largest absolute Gasteiger partial charge is 0.341 e. The van der Waals surface area contributed by atoms with E-state index in [9.17, 15) is 4.39 Å². The maximum Gasteiger partial charge on any atom is 0.227 e.